The van der Waals surface area contributed by atoms with Gasteiger partial charge in [0.15, 0.2) is 0 Å². The maximum absolute atomic E-state index is 12.0. The molecule has 0 fully saturated rings. The average molecular weight is 259 g/mol. The quantitative estimate of drug-likeness (QED) is 0.761. The van der Waals surface area contributed by atoms with Gasteiger partial charge in [-0.2, -0.15) is 0 Å². The molecule has 0 saturated carbocycles. The maximum atomic E-state index is 12.0. The van der Waals surface area contributed by atoms with Crippen molar-refractivity contribution in [3.05, 3.63) is 18.5 Å². The maximum Gasteiger partial charge on any atom is 0.242 e. The summed E-state index contributed by atoms with van der Waals surface area (Å²) in [5.74, 6) is 0. The van der Waals surface area contributed by atoms with E-state index in [9.17, 15) is 8.42 Å². The largest absolute Gasteiger partial charge is 0.356 e. The molecule has 6 heteroatoms. The van der Waals surface area contributed by atoms with E-state index in [1.807, 2.05) is 0 Å². The summed E-state index contributed by atoms with van der Waals surface area (Å²) < 4.78 is 28.3. The molecule has 1 unspecified atom stereocenters. The summed E-state index contributed by atoms with van der Waals surface area (Å²) in [4.78, 5) is 0.287. The van der Waals surface area contributed by atoms with Gasteiger partial charge in [0, 0.05) is 32.0 Å². The van der Waals surface area contributed by atoms with E-state index in [0.29, 0.717) is 6.54 Å². The lowest BCUT2D eigenvalue weighted by Crippen LogP contribution is -2.39. The van der Waals surface area contributed by atoms with Gasteiger partial charge in [-0.25, -0.2) is 13.1 Å². The smallest absolute Gasteiger partial charge is 0.242 e. The van der Waals surface area contributed by atoms with Crippen molar-refractivity contribution in [1.29, 1.82) is 0 Å². The second kappa shape index (κ2) is 6.18. The molecule has 0 spiro atoms. The van der Waals surface area contributed by atoms with Gasteiger partial charge in [0.1, 0.15) is 0 Å². The fourth-order valence-corrected chi connectivity index (χ4v) is 2.93. The number of nitrogens with one attached hydrogen (secondary N) is 1. The highest BCUT2D eigenvalue weighted by Gasteiger charge is 2.19. The first-order chi connectivity index (χ1) is 7.99. The Morgan fingerprint density at radius 1 is 1.53 bits per heavy atom. The Balaban J connectivity index is 2.71. The summed E-state index contributed by atoms with van der Waals surface area (Å²) in [7, 11) is -1.64. The van der Waals surface area contributed by atoms with Crippen LogP contribution in [0.3, 0.4) is 0 Å². The minimum absolute atomic E-state index is 0.180. The predicted octanol–water partition coefficient (Wildman–Crippen LogP) is 0.821. The zero-order valence-corrected chi connectivity index (χ0v) is 11.2. The molecule has 0 bridgehead atoms. The molecule has 17 heavy (non-hydrogen) atoms. The Morgan fingerprint density at radius 2 is 2.24 bits per heavy atom. The molecular weight excluding hydrogens is 238 g/mol. The van der Waals surface area contributed by atoms with Gasteiger partial charge < -0.3 is 10.3 Å². The van der Waals surface area contributed by atoms with Crippen LogP contribution in [0, 0.1) is 0 Å². The molecule has 5 nitrogen and oxygen atoms in total. The standard InChI is InChI=1S/C11H21N3O2S/c1-3-4-5-10(8-12)13-17(15,16)11-6-7-14(2)9-11/h6-7,9-10,13H,3-5,8,12H2,1-2H3. The lowest BCUT2D eigenvalue weighted by atomic mass is 10.1. The Morgan fingerprint density at radius 3 is 2.71 bits per heavy atom. The zero-order valence-electron chi connectivity index (χ0n) is 10.4. The molecule has 0 saturated heterocycles. The lowest BCUT2D eigenvalue weighted by molar-refractivity contribution is 0.516. The van der Waals surface area contributed by atoms with Gasteiger partial charge in [0.25, 0.3) is 0 Å². The number of rotatable bonds is 7. The van der Waals surface area contributed by atoms with Crippen molar-refractivity contribution in [3.8, 4) is 0 Å². The highest BCUT2D eigenvalue weighted by Crippen LogP contribution is 2.10. The Hall–Kier alpha value is -0.850. The van der Waals surface area contributed by atoms with Gasteiger partial charge in [-0.1, -0.05) is 19.8 Å². The first-order valence-electron chi connectivity index (χ1n) is 5.84. The van der Waals surface area contributed by atoms with Crippen molar-refractivity contribution < 1.29 is 8.42 Å². The van der Waals surface area contributed by atoms with E-state index in [-0.39, 0.29) is 10.9 Å². The van der Waals surface area contributed by atoms with Crippen molar-refractivity contribution in [2.45, 2.75) is 37.1 Å². The van der Waals surface area contributed by atoms with Crippen LogP contribution in [0.1, 0.15) is 26.2 Å². The number of hydrogen-bond acceptors (Lipinski definition) is 3. The third kappa shape index (κ3) is 4.14. The van der Waals surface area contributed by atoms with Gasteiger partial charge in [-0.15, -0.1) is 0 Å². The molecule has 1 rings (SSSR count). The number of hydrogen-bond donors (Lipinski definition) is 2. The van der Waals surface area contributed by atoms with Crippen LogP contribution in [0.2, 0.25) is 0 Å². The van der Waals surface area contributed by atoms with Crippen molar-refractivity contribution in [2.24, 2.45) is 12.8 Å². The van der Waals surface area contributed by atoms with Crippen LogP contribution in [-0.4, -0.2) is 25.6 Å². The van der Waals surface area contributed by atoms with Gasteiger partial charge >= 0.3 is 0 Å². The number of aromatic nitrogens is 1. The van der Waals surface area contributed by atoms with Crippen LogP contribution in [0.4, 0.5) is 0 Å². The van der Waals surface area contributed by atoms with Gasteiger partial charge in [0.05, 0.1) is 4.90 Å². The molecule has 1 atom stereocenters. The molecule has 1 heterocycles. The van der Waals surface area contributed by atoms with Crippen molar-refractivity contribution in [2.75, 3.05) is 6.54 Å². The summed E-state index contributed by atoms with van der Waals surface area (Å²) in [6.07, 6.45) is 6.07. The highest BCUT2D eigenvalue weighted by atomic mass is 32.2. The van der Waals surface area contributed by atoms with E-state index < -0.39 is 10.0 Å². The van der Waals surface area contributed by atoms with Crippen molar-refractivity contribution in [3.63, 3.8) is 0 Å². The number of sulfonamides is 1. The number of nitrogens with two attached hydrogens (primary N) is 1. The molecule has 1 aromatic rings. The Kier molecular flexibility index (Phi) is 5.17. The topological polar surface area (TPSA) is 77.1 Å². The van der Waals surface area contributed by atoms with Crippen LogP contribution in [0.5, 0.6) is 0 Å². The third-order valence-electron chi connectivity index (χ3n) is 2.63. The van der Waals surface area contributed by atoms with Gasteiger partial charge in [-0.3, -0.25) is 0 Å². The van der Waals surface area contributed by atoms with Crippen LogP contribution >= 0.6 is 0 Å². The van der Waals surface area contributed by atoms with E-state index >= 15 is 0 Å². The van der Waals surface area contributed by atoms with Crippen LogP contribution in [0.25, 0.3) is 0 Å². The number of unbranched alkanes of at least 4 members (excludes halogenated alkanes) is 1. The fraction of sp³-hybridized carbons (Fsp3) is 0.636. The van der Waals surface area contributed by atoms with E-state index in [2.05, 4.69) is 11.6 Å². The molecule has 0 aliphatic carbocycles. The SMILES string of the molecule is CCCCC(CN)NS(=O)(=O)c1ccn(C)c1. The Labute approximate surface area is 103 Å². The van der Waals surface area contributed by atoms with Crippen molar-refractivity contribution in [1.82, 2.24) is 9.29 Å². The lowest BCUT2D eigenvalue weighted by Gasteiger charge is -2.15. The molecule has 0 radical (unpaired) electrons. The summed E-state index contributed by atoms with van der Waals surface area (Å²) in [6, 6.07) is 1.40. The second-order valence-electron chi connectivity index (χ2n) is 4.21. The van der Waals surface area contributed by atoms with E-state index in [1.165, 1.54) is 0 Å². The predicted molar refractivity (Wildman–Crippen MR) is 68.1 cm³/mol. The second-order valence-corrected chi connectivity index (χ2v) is 5.92. The first-order valence-corrected chi connectivity index (χ1v) is 7.32. The third-order valence-corrected chi connectivity index (χ3v) is 4.13. The molecule has 0 aromatic carbocycles. The number of aryl methyl sites for hydroxylation is 1. The minimum Gasteiger partial charge on any atom is -0.356 e. The van der Waals surface area contributed by atoms with Crippen LogP contribution in [0.15, 0.2) is 23.4 Å². The normalized spacial score (nSPS) is 13.8. The zero-order chi connectivity index (χ0) is 12.9. The summed E-state index contributed by atoms with van der Waals surface area (Å²) in [5.41, 5.74) is 5.57. The molecule has 0 amide bonds. The fourth-order valence-electron chi connectivity index (χ4n) is 1.60. The van der Waals surface area contributed by atoms with Crippen LogP contribution < -0.4 is 10.5 Å². The summed E-state index contributed by atoms with van der Waals surface area (Å²) in [6.45, 7) is 2.39. The van der Waals surface area contributed by atoms with Crippen molar-refractivity contribution >= 4 is 10.0 Å². The van der Waals surface area contributed by atoms with Gasteiger partial charge in [0.2, 0.25) is 10.0 Å². The molecule has 3 N–H and O–H groups in total. The average Bonchev–Trinajstić information content (AvgIpc) is 2.71. The van der Waals surface area contributed by atoms with E-state index in [4.69, 9.17) is 5.73 Å². The monoisotopic (exact) mass is 259 g/mol. The molecule has 98 valence electrons. The minimum atomic E-state index is -3.43. The number of nitrogens with zero attached hydrogens (tertiary/aromatic N) is 1. The van der Waals surface area contributed by atoms with Crippen LogP contribution in [-0.2, 0) is 17.1 Å². The molecule has 1 aromatic heterocycles. The van der Waals surface area contributed by atoms with E-state index in [0.717, 1.165) is 19.3 Å². The van der Waals surface area contributed by atoms with Gasteiger partial charge in [-0.05, 0) is 12.5 Å². The first kappa shape index (κ1) is 14.2. The summed E-state index contributed by atoms with van der Waals surface area (Å²) in [5, 5.41) is 0. The molecule has 0 aliphatic rings. The molecular formula is C11H21N3O2S. The highest BCUT2D eigenvalue weighted by molar-refractivity contribution is 7.89. The Bertz CT molecular complexity index is 439. The van der Waals surface area contributed by atoms with E-state index in [1.54, 1.807) is 30.1 Å². The summed E-state index contributed by atoms with van der Waals surface area (Å²) >= 11 is 0. The molecule has 0 aliphatic heterocycles.